The Kier molecular flexibility index (Phi) is 6.10. The molecule has 0 aromatic carbocycles. The quantitative estimate of drug-likeness (QED) is 0.584. The molecule has 0 aliphatic rings. The molecule has 2 amide bonds. The largest absolute Gasteiger partial charge is 0.338 e. The van der Waals surface area contributed by atoms with Gasteiger partial charge in [-0.25, -0.2) is 4.79 Å². The van der Waals surface area contributed by atoms with E-state index < -0.39 is 0 Å². The van der Waals surface area contributed by atoms with E-state index in [1.807, 2.05) is 13.0 Å². The lowest BCUT2D eigenvalue weighted by atomic mass is 10.4. The fraction of sp³-hybridized carbons (Fsp3) is 0.714. The van der Waals surface area contributed by atoms with Crippen LogP contribution in [-0.2, 0) is 0 Å². The van der Waals surface area contributed by atoms with Gasteiger partial charge in [0, 0.05) is 13.1 Å². The number of nitriles is 1. The minimum Gasteiger partial charge on any atom is -0.338 e. The molecule has 0 aromatic rings. The maximum atomic E-state index is 10.7. The van der Waals surface area contributed by atoms with Gasteiger partial charge in [0.2, 0.25) is 0 Å². The Morgan fingerprint density at radius 2 is 2.09 bits per heavy atom. The van der Waals surface area contributed by atoms with Gasteiger partial charge in [-0.3, -0.25) is 0 Å². The van der Waals surface area contributed by atoms with Crippen molar-refractivity contribution >= 4 is 6.03 Å². The molecule has 0 aliphatic carbocycles. The molecular formula is C7H13N3O. The van der Waals surface area contributed by atoms with Gasteiger partial charge >= 0.3 is 6.03 Å². The maximum absolute atomic E-state index is 10.7. The van der Waals surface area contributed by atoms with Gasteiger partial charge in [-0.15, -0.1) is 0 Å². The number of nitrogens with one attached hydrogen (secondary N) is 2. The first-order chi connectivity index (χ1) is 5.31. The number of hydrogen-bond donors (Lipinski definition) is 2. The second-order valence-corrected chi connectivity index (χ2v) is 2.09. The summed E-state index contributed by atoms with van der Waals surface area (Å²) in [5.41, 5.74) is 0. The van der Waals surface area contributed by atoms with E-state index in [9.17, 15) is 4.79 Å². The van der Waals surface area contributed by atoms with Crippen molar-refractivity contribution in [2.45, 2.75) is 19.8 Å². The molecule has 4 nitrogen and oxygen atoms in total. The molecule has 0 atom stereocenters. The lowest BCUT2D eigenvalue weighted by Crippen LogP contribution is -2.36. The van der Waals surface area contributed by atoms with Crippen LogP contribution in [0.25, 0.3) is 0 Å². The number of nitrogens with zero attached hydrogens (tertiary/aromatic N) is 1. The highest BCUT2D eigenvalue weighted by Gasteiger charge is 1.94. The predicted octanol–water partition coefficient (Wildman–Crippen LogP) is 0.609. The van der Waals surface area contributed by atoms with Gasteiger partial charge in [-0.1, -0.05) is 6.92 Å². The third-order valence-electron chi connectivity index (χ3n) is 1.06. The van der Waals surface area contributed by atoms with Crippen LogP contribution in [0.4, 0.5) is 4.79 Å². The molecule has 0 spiro atoms. The summed E-state index contributed by atoms with van der Waals surface area (Å²) in [6.45, 7) is 3.08. The number of carbonyl (C=O) groups is 1. The van der Waals surface area contributed by atoms with Crippen LogP contribution in [0.5, 0.6) is 0 Å². The Balaban J connectivity index is 3.17. The normalized spacial score (nSPS) is 8.36. The van der Waals surface area contributed by atoms with Crippen LogP contribution in [-0.4, -0.2) is 19.1 Å². The summed E-state index contributed by atoms with van der Waals surface area (Å²) in [6.07, 6.45) is 1.28. The van der Waals surface area contributed by atoms with Crippen molar-refractivity contribution in [3.63, 3.8) is 0 Å². The Morgan fingerprint density at radius 1 is 1.45 bits per heavy atom. The molecule has 0 radical (unpaired) electrons. The molecule has 0 unspecified atom stereocenters. The van der Waals surface area contributed by atoms with Crippen molar-refractivity contribution in [1.82, 2.24) is 10.6 Å². The predicted molar refractivity (Wildman–Crippen MR) is 41.9 cm³/mol. The lowest BCUT2D eigenvalue weighted by Gasteiger charge is -2.03. The molecule has 0 rings (SSSR count). The number of rotatable bonds is 4. The molecule has 0 aromatic heterocycles. The van der Waals surface area contributed by atoms with Crippen LogP contribution in [0.15, 0.2) is 0 Å². The van der Waals surface area contributed by atoms with Crippen LogP contribution in [0.2, 0.25) is 0 Å². The number of carbonyl (C=O) groups excluding carboxylic acids is 1. The minimum absolute atomic E-state index is 0.192. The van der Waals surface area contributed by atoms with E-state index >= 15 is 0 Å². The van der Waals surface area contributed by atoms with Crippen LogP contribution in [0, 0.1) is 11.3 Å². The topological polar surface area (TPSA) is 64.9 Å². The highest BCUT2D eigenvalue weighted by atomic mass is 16.2. The van der Waals surface area contributed by atoms with E-state index in [0.717, 1.165) is 6.42 Å². The summed E-state index contributed by atoms with van der Waals surface area (Å²) in [6, 6.07) is 1.74. The zero-order valence-corrected chi connectivity index (χ0v) is 6.68. The summed E-state index contributed by atoms with van der Waals surface area (Å²) in [4.78, 5) is 10.7. The number of amides is 2. The second kappa shape index (κ2) is 6.87. The highest BCUT2D eigenvalue weighted by Crippen LogP contribution is 1.73. The summed E-state index contributed by atoms with van der Waals surface area (Å²) in [7, 11) is 0. The molecule has 0 bridgehead atoms. The van der Waals surface area contributed by atoms with Gasteiger partial charge in [-0.2, -0.15) is 5.26 Å². The average Bonchev–Trinajstić information content (AvgIpc) is 2.01. The van der Waals surface area contributed by atoms with Gasteiger partial charge in [0.1, 0.15) is 0 Å². The van der Waals surface area contributed by atoms with Crippen molar-refractivity contribution in [3.05, 3.63) is 0 Å². The first-order valence-corrected chi connectivity index (χ1v) is 3.70. The standard InChI is InChI=1S/C7H13N3O/c1-2-5-9-7(11)10-6-3-4-8/h2-3,5-6H2,1H3,(H2,9,10,11). The number of hydrogen-bond acceptors (Lipinski definition) is 2. The van der Waals surface area contributed by atoms with E-state index in [0.29, 0.717) is 19.5 Å². The number of urea groups is 1. The van der Waals surface area contributed by atoms with Crippen LogP contribution >= 0.6 is 0 Å². The molecule has 0 saturated carbocycles. The van der Waals surface area contributed by atoms with Crippen molar-refractivity contribution in [2.24, 2.45) is 0 Å². The SMILES string of the molecule is CCCNC(=O)NCCC#N. The Labute approximate surface area is 66.6 Å². The van der Waals surface area contributed by atoms with Crippen LogP contribution in [0.1, 0.15) is 19.8 Å². The smallest absolute Gasteiger partial charge is 0.314 e. The summed E-state index contributed by atoms with van der Waals surface area (Å²) < 4.78 is 0. The van der Waals surface area contributed by atoms with Gasteiger partial charge in [0.25, 0.3) is 0 Å². The Bertz CT molecular complexity index is 150. The zero-order valence-electron chi connectivity index (χ0n) is 6.68. The monoisotopic (exact) mass is 155 g/mol. The highest BCUT2D eigenvalue weighted by molar-refractivity contribution is 5.73. The third-order valence-corrected chi connectivity index (χ3v) is 1.06. The van der Waals surface area contributed by atoms with Gasteiger partial charge in [-0.05, 0) is 6.42 Å². The van der Waals surface area contributed by atoms with Gasteiger partial charge in [0.15, 0.2) is 0 Å². The lowest BCUT2D eigenvalue weighted by molar-refractivity contribution is 0.241. The van der Waals surface area contributed by atoms with Gasteiger partial charge in [0.05, 0.1) is 12.5 Å². The second-order valence-electron chi connectivity index (χ2n) is 2.09. The molecular weight excluding hydrogens is 142 g/mol. The van der Waals surface area contributed by atoms with Crippen molar-refractivity contribution < 1.29 is 4.79 Å². The average molecular weight is 155 g/mol. The van der Waals surface area contributed by atoms with Crippen molar-refractivity contribution in [2.75, 3.05) is 13.1 Å². The van der Waals surface area contributed by atoms with E-state index in [1.165, 1.54) is 0 Å². The van der Waals surface area contributed by atoms with E-state index in [1.54, 1.807) is 0 Å². The van der Waals surface area contributed by atoms with Crippen molar-refractivity contribution in [1.29, 1.82) is 5.26 Å². The summed E-state index contributed by atoms with van der Waals surface area (Å²) in [5, 5.41) is 13.3. The molecule has 0 aliphatic heterocycles. The summed E-state index contributed by atoms with van der Waals surface area (Å²) >= 11 is 0. The van der Waals surface area contributed by atoms with E-state index in [-0.39, 0.29) is 6.03 Å². The molecule has 0 fully saturated rings. The Hall–Kier alpha value is -1.24. The van der Waals surface area contributed by atoms with Gasteiger partial charge < -0.3 is 10.6 Å². The molecule has 0 heterocycles. The first kappa shape index (κ1) is 9.76. The molecule has 11 heavy (non-hydrogen) atoms. The molecule has 62 valence electrons. The molecule has 2 N–H and O–H groups in total. The molecule has 4 heteroatoms. The Morgan fingerprint density at radius 3 is 2.64 bits per heavy atom. The van der Waals surface area contributed by atoms with Crippen LogP contribution < -0.4 is 10.6 Å². The van der Waals surface area contributed by atoms with E-state index in [4.69, 9.17) is 5.26 Å². The fourth-order valence-corrected chi connectivity index (χ4v) is 0.533. The fourth-order valence-electron chi connectivity index (χ4n) is 0.533. The first-order valence-electron chi connectivity index (χ1n) is 3.70. The van der Waals surface area contributed by atoms with E-state index in [2.05, 4.69) is 10.6 Å². The van der Waals surface area contributed by atoms with Crippen molar-refractivity contribution in [3.8, 4) is 6.07 Å². The van der Waals surface area contributed by atoms with Crippen LogP contribution in [0.3, 0.4) is 0 Å². The molecule has 0 saturated heterocycles. The minimum atomic E-state index is -0.192. The summed E-state index contributed by atoms with van der Waals surface area (Å²) in [5.74, 6) is 0. The third kappa shape index (κ3) is 6.65. The maximum Gasteiger partial charge on any atom is 0.314 e. The zero-order chi connectivity index (χ0) is 8.53.